The second kappa shape index (κ2) is 11.2. The predicted molar refractivity (Wildman–Crippen MR) is 228 cm³/mol. The van der Waals surface area contributed by atoms with E-state index in [1.807, 2.05) is 0 Å². The lowest BCUT2D eigenvalue weighted by molar-refractivity contribution is 0.666. The van der Waals surface area contributed by atoms with E-state index < -0.39 is 0 Å². The molecular weight excluding hydrogens is 637 g/mol. The Labute approximate surface area is 309 Å². The maximum atomic E-state index is 2.41. The molecule has 0 heteroatoms. The molecule has 0 fully saturated rings. The average molecular weight is 673 g/mol. The molecule has 53 heavy (non-hydrogen) atoms. The molecule has 0 aromatic heterocycles. The molecule has 0 heterocycles. The van der Waals surface area contributed by atoms with Crippen molar-refractivity contribution >= 4 is 53.9 Å². The summed E-state index contributed by atoms with van der Waals surface area (Å²) in [7, 11) is 0. The van der Waals surface area contributed by atoms with Crippen molar-refractivity contribution in [3.05, 3.63) is 193 Å². The van der Waals surface area contributed by atoms with Crippen molar-refractivity contribution in [3.8, 4) is 44.5 Å². The highest BCUT2D eigenvalue weighted by Crippen LogP contribution is 2.52. The molecule has 1 aliphatic rings. The normalized spacial score (nSPS) is 13.2. The van der Waals surface area contributed by atoms with Crippen LogP contribution in [0.3, 0.4) is 0 Å². The Balaban J connectivity index is 0.969. The second-order valence-electron chi connectivity index (χ2n) is 15.3. The van der Waals surface area contributed by atoms with Gasteiger partial charge in [-0.2, -0.15) is 0 Å². The Hall–Kier alpha value is -6.50. The molecule has 1 aliphatic carbocycles. The topological polar surface area (TPSA) is 0 Å². The third-order valence-electron chi connectivity index (χ3n) is 12.0. The zero-order valence-corrected chi connectivity index (χ0v) is 29.8. The molecule has 0 N–H and O–H groups in total. The Morgan fingerprint density at radius 1 is 0.302 bits per heavy atom. The summed E-state index contributed by atoms with van der Waals surface area (Å²) in [6.45, 7) is 4.75. The van der Waals surface area contributed by atoms with Crippen LogP contribution in [-0.2, 0) is 5.41 Å². The van der Waals surface area contributed by atoms with Gasteiger partial charge in [0.15, 0.2) is 0 Å². The highest BCUT2D eigenvalue weighted by Gasteiger charge is 2.36. The number of hydrogen-bond acceptors (Lipinski definition) is 0. The van der Waals surface area contributed by atoms with Gasteiger partial charge in [0.25, 0.3) is 0 Å². The van der Waals surface area contributed by atoms with Crippen molar-refractivity contribution < 1.29 is 0 Å². The van der Waals surface area contributed by atoms with Crippen LogP contribution in [-0.4, -0.2) is 0 Å². The molecule has 10 aromatic rings. The molecule has 10 aromatic carbocycles. The van der Waals surface area contributed by atoms with E-state index in [1.165, 1.54) is 109 Å². The first-order valence-electron chi connectivity index (χ1n) is 18.7. The Morgan fingerprint density at radius 3 is 1.64 bits per heavy atom. The molecule has 11 rings (SSSR count). The third kappa shape index (κ3) is 4.55. The van der Waals surface area contributed by atoms with E-state index >= 15 is 0 Å². The van der Waals surface area contributed by atoms with Gasteiger partial charge in [0, 0.05) is 5.41 Å². The Kier molecular flexibility index (Phi) is 6.40. The standard InChI is InChI=1S/C53H36/c1-53(2)50-27-25-40(31-49(50)47-26-24-34-11-4-6-15-44(34)52(47)53)36-13-9-12-35(28-36)37-19-20-39-30-41(22-21-38(39)29-37)48-32-42-23-18-33-10-3-5-14-43(33)51(42)46-17-8-7-16-45(46)48/h3-32H,1-2H3. The van der Waals surface area contributed by atoms with Gasteiger partial charge in [-0.05, 0) is 140 Å². The number of rotatable bonds is 3. The number of hydrogen-bond donors (Lipinski definition) is 0. The van der Waals surface area contributed by atoms with Crippen LogP contribution in [0.15, 0.2) is 182 Å². The Morgan fingerprint density at radius 2 is 0.849 bits per heavy atom. The lowest BCUT2D eigenvalue weighted by Gasteiger charge is -2.23. The van der Waals surface area contributed by atoms with Crippen LogP contribution in [0.1, 0.15) is 25.0 Å². The van der Waals surface area contributed by atoms with Gasteiger partial charge in [-0.15, -0.1) is 0 Å². The molecule has 0 saturated carbocycles. The summed E-state index contributed by atoms with van der Waals surface area (Å²) in [4.78, 5) is 0. The van der Waals surface area contributed by atoms with E-state index in [0.29, 0.717) is 0 Å². The zero-order valence-electron chi connectivity index (χ0n) is 29.8. The zero-order chi connectivity index (χ0) is 35.3. The first-order valence-corrected chi connectivity index (χ1v) is 18.7. The molecule has 0 aliphatic heterocycles. The Bertz CT molecular complexity index is 3140. The number of benzene rings is 10. The molecule has 0 radical (unpaired) electrons. The van der Waals surface area contributed by atoms with Crippen LogP contribution in [0, 0.1) is 0 Å². The molecular formula is C53H36. The fourth-order valence-electron chi connectivity index (χ4n) is 9.38. The molecule has 248 valence electrons. The fourth-order valence-corrected chi connectivity index (χ4v) is 9.38. The average Bonchev–Trinajstić information content (AvgIpc) is 3.45. The van der Waals surface area contributed by atoms with Gasteiger partial charge >= 0.3 is 0 Å². The summed E-state index contributed by atoms with van der Waals surface area (Å²) in [6, 6.07) is 67.9. The van der Waals surface area contributed by atoms with Gasteiger partial charge in [-0.25, -0.2) is 0 Å². The van der Waals surface area contributed by atoms with E-state index in [4.69, 9.17) is 0 Å². The van der Waals surface area contributed by atoms with Crippen LogP contribution in [0.4, 0.5) is 0 Å². The van der Waals surface area contributed by atoms with E-state index in [9.17, 15) is 0 Å². The quantitative estimate of drug-likeness (QED) is 0.164. The molecule has 0 saturated heterocycles. The smallest absolute Gasteiger partial charge is 0.0165 e. The van der Waals surface area contributed by atoms with E-state index in [0.717, 1.165) is 0 Å². The molecule has 0 nitrogen and oxygen atoms in total. The van der Waals surface area contributed by atoms with Gasteiger partial charge in [-0.1, -0.05) is 166 Å². The van der Waals surface area contributed by atoms with Gasteiger partial charge in [-0.3, -0.25) is 0 Å². The summed E-state index contributed by atoms with van der Waals surface area (Å²) in [5.74, 6) is 0. The van der Waals surface area contributed by atoms with Crippen LogP contribution in [0.2, 0.25) is 0 Å². The van der Waals surface area contributed by atoms with E-state index in [2.05, 4.69) is 196 Å². The summed E-state index contributed by atoms with van der Waals surface area (Å²) in [5.41, 5.74) is 13.0. The maximum Gasteiger partial charge on any atom is 0.0165 e. The van der Waals surface area contributed by atoms with Crippen LogP contribution in [0.5, 0.6) is 0 Å². The minimum Gasteiger partial charge on any atom is -0.0616 e. The third-order valence-corrected chi connectivity index (χ3v) is 12.0. The largest absolute Gasteiger partial charge is 0.0616 e. The maximum absolute atomic E-state index is 2.41. The monoisotopic (exact) mass is 672 g/mol. The first-order chi connectivity index (χ1) is 26.0. The van der Waals surface area contributed by atoms with Crippen LogP contribution in [0.25, 0.3) is 98.4 Å². The summed E-state index contributed by atoms with van der Waals surface area (Å²) in [6.07, 6.45) is 0. The van der Waals surface area contributed by atoms with Crippen LogP contribution >= 0.6 is 0 Å². The first kappa shape index (κ1) is 30.2. The molecule has 0 bridgehead atoms. The highest BCUT2D eigenvalue weighted by atomic mass is 14.4. The molecule has 0 unspecified atom stereocenters. The van der Waals surface area contributed by atoms with Crippen LogP contribution < -0.4 is 0 Å². The van der Waals surface area contributed by atoms with Gasteiger partial charge in [0.05, 0.1) is 0 Å². The van der Waals surface area contributed by atoms with Crippen molar-refractivity contribution in [2.24, 2.45) is 0 Å². The fraction of sp³-hybridized carbons (Fsp3) is 0.0566. The summed E-state index contributed by atoms with van der Waals surface area (Å²) < 4.78 is 0. The van der Waals surface area contributed by atoms with E-state index in [-0.39, 0.29) is 5.41 Å². The summed E-state index contributed by atoms with van der Waals surface area (Å²) >= 11 is 0. The molecule has 0 atom stereocenters. The van der Waals surface area contributed by atoms with Crippen molar-refractivity contribution in [1.82, 2.24) is 0 Å². The minimum atomic E-state index is -0.0485. The molecule has 0 amide bonds. The van der Waals surface area contributed by atoms with Gasteiger partial charge in [0.1, 0.15) is 0 Å². The van der Waals surface area contributed by atoms with E-state index in [1.54, 1.807) is 0 Å². The van der Waals surface area contributed by atoms with Crippen molar-refractivity contribution in [3.63, 3.8) is 0 Å². The second-order valence-corrected chi connectivity index (χ2v) is 15.3. The SMILES string of the molecule is CC1(C)c2ccc(-c3cccc(-c4ccc5cc(-c6cc7ccc8ccccc8c7c7ccccc67)ccc5c4)c3)cc2-c2ccc3ccccc3c21. The van der Waals surface area contributed by atoms with Gasteiger partial charge < -0.3 is 0 Å². The van der Waals surface area contributed by atoms with Crippen molar-refractivity contribution in [2.75, 3.05) is 0 Å². The van der Waals surface area contributed by atoms with Gasteiger partial charge in [0.2, 0.25) is 0 Å². The molecule has 0 spiro atoms. The number of fused-ring (bicyclic) bond motifs is 11. The summed E-state index contributed by atoms with van der Waals surface area (Å²) in [5, 5.41) is 12.9. The lowest BCUT2D eigenvalue weighted by Crippen LogP contribution is -2.15. The lowest BCUT2D eigenvalue weighted by atomic mass is 9.80. The van der Waals surface area contributed by atoms with Crippen molar-refractivity contribution in [2.45, 2.75) is 19.3 Å². The van der Waals surface area contributed by atoms with Crippen molar-refractivity contribution in [1.29, 1.82) is 0 Å². The minimum absolute atomic E-state index is 0.0485. The highest BCUT2D eigenvalue weighted by molar-refractivity contribution is 6.23. The predicted octanol–water partition coefficient (Wildman–Crippen LogP) is 14.8.